The van der Waals surface area contributed by atoms with Crippen LogP contribution in [0.4, 0.5) is 5.69 Å². The smallest absolute Gasteiger partial charge is 0.263 e. The monoisotopic (exact) mass is 423 g/mol. The molecule has 29 heavy (non-hydrogen) atoms. The van der Waals surface area contributed by atoms with Crippen LogP contribution < -0.4 is 10.9 Å². The highest BCUT2D eigenvalue weighted by atomic mass is 35.5. The summed E-state index contributed by atoms with van der Waals surface area (Å²) in [4.78, 5) is 31.7. The van der Waals surface area contributed by atoms with E-state index in [0.29, 0.717) is 20.9 Å². The Morgan fingerprint density at radius 1 is 1.17 bits per heavy atom. The topological polar surface area (TPSA) is 64.0 Å². The third-order valence-electron chi connectivity index (χ3n) is 4.60. The number of halogens is 1. The zero-order chi connectivity index (χ0) is 20.5. The van der Waals surface area contributed by atoms with E-state index in [-0.39, 0.29) is 18.0 Å². The number of rotatable bonds is 4. The molecule has 0 fully saturated rings. The maximum atomic E-state index is 13.2. The van der Waals surface area contributed by atoms with Crippen LogP contribution in [0.15, 0.2) is 59.7 Å². The summed E-state index contributed by atoms with van der Waals surface area (Å²) in [6, 6.07) is 14.9. The molecule has 0 aliphatic carbocycles. The molecule has 5 nitrogen and oxygen atoms in total. The highest BCUT2D eigenvalue weighted by molar-refractivity contribution is 7.19. The summed E-state index contributed by atoms with van der Waals surface area (Å²) >= 11 is 7.47. The van der Waals surface area contributed by atoms with E-state index in [9.17, 15) is 9.59 Å². The molecule has 1 amide bonds. The highest BCUT2D eigenvalue weighted by Gasteiger charge is 2.18. The Morgan fingerprint density at radius 3 is 2.66 bits per heavy atom. The summed E-state index contributed by atoms with van der Waals surface area (Å²) in [5.74, 6) is -0.279. The van der Waals surface area contributed by atoms with E-state index in [2.05, 4.69) is 10.3 Å². The van der Waals surface area contributed by atoms with E-state index in [4.69, 9.17) is 11.6 Å². The second-order valence-electron chi connectivity index (χ2n) is 6.82. The zero-order valence-electron chi connectivity index (χ0n) is 15.9. The molecule has 0 aliphatic heterocycles. The Kier molecular flexibility index (Phi) is 5.22. The molecular weight excluding hydrogens is 406 g/mol. The zero-order valence-corrected chi connectivity index (χ0v) is 17.5. The van der Waals surface area contributed by atoms with Gasteiger partial charge in [0.15, 0.2) is 0 Å². The second-order valence-corrected chi connectivity index (χ2v) is 8.46. The van der Waals surface area contributed by atoms with Gasteiger partial charge in [0, 0.05) is 21.2 Å². The lowest BCUT2D eigenvalue weighted by atomic mass is 10.0. The number of amides is 1. The molecule has 0 saturated carbocycles. The number of fused-ring (bicyclic) bond motifs is 1. The van der Waals surface area contributed by atoms with Crippen molar-refractivity contribution in [2.75, 3.05) is 5.32 Å². The summed E-state index contributed by atoms with van der Waals surface area (Å²) in [7, 11) is 0. The van der Waals surface area contributed by atoms with Crippen molar-refractivity contribution in [1.82, 2.24) is 9.55 Å². The molecule has 0 radical (unpaired) electrons. The predicted octanol–water partition coefficient (Wildman–Crippen LogP) is 5.03. The molecule has 4 rings (SSSR count). The van der Waals surface area contributed by atoms with Gasteiger partial charge in [-0.15, -0.1) is 11.3 Å². The predicted molar refractivity (Wildman–Crippen MR) is 119 cm³/mol. The highest BCUT2D eigenvalue weighted by Crippen LogP contribution is 2.35. The van der Waals surface area contributed by atoms with Crippen molar-refractivity contribution in [3.05, 3.63) is 80.7 Å². The minimum Gasteiger partial charge on any atom is -0.325 e. The van der Waals surface area contributed by atoms with E-state index in [1.807, 2.05) is 50.2 Å². The second kappa shape index (κ2) is 7.81. The molecule has 4 aromatic rings. The first-order valence-corrected chi connectivity index (χ1v) is 10.2. The van der Waals surface area contributed by atoms with Crippen molar-refractivity contribution in [3.63, 3.8) is 0 Å². The van der Waals surface area contributed by atoms with Crippen LogP contribution in [0.2, 0.25) is 5.02 Å². The maximum absolute atomic E-state index is 13.2. The molecule has 0 saturated heterocycles. The summed E-state index contributed by atoms with van der Waals surface area (Å²) in [5.41, 5.74) is 3.25. The van der Waals surface area contributed by atoms with Crippen LogP contribution in [0, 0.1) is 13.8 Å². The molecule has 0 bridgehead atoms. The van der Waals surface area contributed by atoms with Gasteiger partial charge in [0.25, 0.3) is 5.56 Å². The molecule has 2 aromatic carbocycles. The summed E-state index contributed by atoms with van der Waals surface area (Å²) in [6.07, 6.45) is 1.43. The van der Waals surface area contributed by atoms with E-state index < -0.39 is 0 Å². The lowest BCUT2D eigenvalue weighted by Crippen LogP contribution is -2.27. The molecule has 2 heterocycles. The number of nitrogens with zero attached hydrogens (tertiary/aromatic N) is 2. The van der Waals surface area contributed by atoms with Crippen LogP contribution >= 0.6 is 22.9 Å². The Bertz CT molecular complexity index is 1280. The molecule has 2 aromatic heterocycles. The molecule has 7 heteroatoms. The Morgan fingerprint density at radius 2 is 1.93 bits per heavy atom. The molecule has 0 spiro atoms. The quantitative estimate of drug-likeness (QED) is 0.500. The minimum absolute atomic E-state index is 0.106. The van der Waals surface area contributed by atoms with Gasteiger partial charge in [-0.25, -0.2) is 4.98 Å². The molecular formula is C22H18ClN3O2S. The van der Waals surface area contributed by atoms with Crippen LogP contribution in [-0.4, -0.2) is 15.5 Å². The first-order valence-electron chi connectivity index (χ1n) is 9.03. The molecule has 146 valence electrons. The standard InChI is InChI=1S/C22H18ClN3O2S/c1-13-4-3-5-17(10-13)25-18(27)11-26-12-24-21-20(22(26)28)19(14(2)29-21)15-6-8-16(23)9-7-15/h3-10,12H,11H2,1-2H3,(H,25,27). The lowest BCUT2D eigenvalue weighted by Gasteiger charge is -2.08. The van der Waals surface area contributed by atoms with Crippen molar-refractivity contribution in [1.29, 1.82) is 0 Å². The average molecular weight is 424 g/mol. The van der Waals surface area contributed by atoms with Gasteiger partial charge in [-0.05, 0) is 49.2 Å². The molecule has 0 atom stereocenters. The Hall–Kier alpha value is -2.96. The number of aromatic nitrogens is 2. The van der Waals surface area contributed by atoms with E-state index in [0.717, 1.165) is 21.6 Å². The van der Waals surface area contributed by atoms with Gasteiger partial charge < -0.3 is 5.32 Å². The fraction of sp³-hybridized carbons (Fsp3) is 0.136. The van der Waals surface area contributed by atoms with Crippen molar-refractivity contribution in [3.8, 4) is 11.1 Å². The van der Waals surface area contributed by atoms with Gasteiger partial charge in [0.05, 0.1) is 11.7 Å². The van der Waals surface area contributed by atoms with E-state index in [1.165, 1.54) is 22.2 Å². The SMILES string of the molecule is Cc1cccc(NC(=O)Cn2cnc3sc(C)c(-c4ccc(Cl)cc4)c3c2=O)c1. The lowest BCUT2D eigenvalue weighted by molar-refractivity contribution is -0.116. The number of aryl methyl sites for hydroxylation is 2. The number of thiophene rings is 1. The number of hydrogen-bond acceptors (Lipinski definition) is 4. The van der Waals surface area contributed by atoms with Crippen LogP contribution in [-0.2, 0) is 11.3 Å². The fourth-order valence-corrected chi connectivity index (χ4v) is 4.42. The van der Waals surface area contributed by atoms with Gasteiger partial charge in [0.1, 0.15) is 11.4 Å². The number of carbonyl (C=O) groups excluding carboxylic acids is 1. The molecule has 1 N–H and O–H groups in total. The van der Waals surface area contributed by atoms with Gasteiger partial charge >= 0.3 is 0 Å². The normalized spacial score (nSPS) is 11.0. The fourth-order valence-electron chi connectivity index (χ4n) is 3.29. The first-order chi connectivity index (χ1) is 13.9. The largest absolute Gasteiger partial charge is 0.325 e. The summed E-state index contributed by atoms with van der Waals surface area (Å²) in [6.45, 7) is 3.81. The average Bonchev–Trinajstić information content (AvgIpc) is 3.01. The van der Waals surface area contributed by atoms with Gasteiger partial charge in [-0.1, -0.05) is 35.9 Å². The van der Waals surface area contributed by atoms with Crippen molar-refractivity contribution >= 4 is 44.7 Å². The van der Waals surface area contributed by atoms with E-state index >= 15 is 0 Å². The number of hydrogen-bond donors (Lipinski definition) is 1. The van der Waals surface area contributed by atoms with Crippen LogP contribution in [0.1, 0.15) is 10.4 Å². The number of nitrogens with one attached hydrogen (secondary N) is 1. The Labute approximate surface area is 176 Å². The maximum Gasteiger partial charge on any atom is 0.263 e. The summed E-state index contributed by atoms with van der Waals surface area (Å²) in [5, 5.41) is 3.99. The van der Waals surface area contributed by atoms with E-state index in [1.54, 1.807) is 12.1 Å². The van der Waals surface area contributed by atoms with Gasteiger partial charge in [-0.2, -0.15) is 0 Å². The number of benzene rings is 2. The van der Waals surface area contributed by atoms with Crippen LogP contribution in [0.3, 0.4) is 0 Å². The van der Waals surface area contributed by atoms with Crippen LogP contribution in [0.25, 0.3) is 21.3 Å². The third kappa shape index (κ3) is 3.95. The minimum atomic E-state index is -0.279. The summed E-state index contributed by atoms with van der Waals surface area (Å²) < 4.78 is 1.35. The van der Waals surface area contributed by atoms with Crippen molar-refractivity contribution < 1.29 is 4.79 Å². The van der Waals surface area contributed by atoms with Crippen LogP contribution in [0.5, 0.6) is 0 Å². The van der Waals surface area contributed by atoms with Gasteiger partial charge in [0.2, 0.25) is 5.91 Å². The first kappa shape index (κ1) is 19.4. The number of anilines is 1. The van der Waals surface area contributed by atoms with Crippen molar-refractivity contribution in [2.24, 2.45) is 0 Å². The van der Waals surface area contributed by atoms with Gasteiger partial charge in [-0.3, -0.25) is 14.2 Å². The number of carbonyl (C=O) groups is 1. The Balaban J connectivity index is 1.70. The third-order valence-corrected chi connectivity index (χ3v) is 5.87. The van der Waals surface area contributed by atoms with Crippen molar-refractivity contribution in [2.45, 2.75) is 20.4 Å². The molecule has 0 unspecified atom stereocenters. The molecule has 0 aliphatic rings.